The molecule has 1 fully saturated rings. The van der Waals surface area contributed by atoms with Gasteiger partial charge in [0, 0.05) is 12.5 Å². The molecule has 2 nitrogen and oxygen atoms in total. The summed E-state index contributed by atoms with van der Waals surface area (Å²) in [7, 11) is 0. The minimum atomic E-state index is 0.253. The topological polar surface area (TPSA) is 29.5 Å². The number of benzene rings is 3. The maximum absolute atomic E-state index is 9.21. The summed E-state index contributed by atoms with van der Waals surface area (Å²) in [4.78, 5) is 0. The summed E-state index contributed by atoms with van der Waals surface area (Å²) in [5.74, 6) is 2.22. The van der Waals surface area contributed by atoms with E-state index in [0.29, 0.717) is 17.8 Å². The summed E-state index contributed by atoms with van der Waals surface area (Å²) in [5.41, 5.74) is 7.11. The van der Waals surface area contributed by atoms with Crippen molar-refractivity contribution in [2.45, 2.75) is 50.5 Å². The fourth-order valence-electron chi connectivity index (χ4n) is 5.29. The van der Waals surface area contributed by atoms with Gasteiger partial charge in [-0.3, -0.25) is 0 Å². The van der Waals surface area contributed by atoms with Crippen LogP contribution in [-0.2, 0) is 6.42 Å². The Kier molecular flexibility index (Phi) is 5.35. The molecule has 0 spiro atoms. The van der Waals surface area contributed by atoms with E-state index in [4.69, 9.17) is 4.74 Å². The number of fused-ring (bicyclic) bond motifs is 1. The summed E-state index contributed by atoms with van der Waals surface area (Å²) in [6.07, 6.45) is 4.49. The van der Waals surface area contributed by atoms with Gasteiger partial charge in [0.15, 0.2) is 0 Å². The second-order valence-corrected chi connectivity index (χ2v) is 9.06. The van der Waals surface area contributed by atoms with Crippen molar-refractivity contribution in [2.24, 2.45) is 5.92 Å². The van der Waals surface area contributed by atoms with Gasteiger partial charge in [-0.1, -0.05) is 66.2 Å². The van der Waals surface area contributed by atoms with Crippen LogP contribution in [0.25, 0.3) is 0 Å². The monoisotopic (exact) mass is 398 g/mol. The Morgan fingerprint density at radius 1 is 0.900 bits per heavy atom. The van der Waals surface area contributed by atoms with Crippen molar-refractivity contribution in [1.82, 2.24) is 0 Å². The standard InChI is InChI=1S/C28H30O2/c1-19-7-13-27-23(15-19)10-14-26(21-5-3-2-4-6-21)28(27)22-8-11-24(12-9-22)30-25-16-20(17-25)18-29/h2-9,11-13,15,20,25-26,28-29H,10,14,16-18H2,1H3/t20?,25?,26-,28+/m1/s1. The van der Waals surface area contributed by atoms with Crippen LogP contribution in [0.2, 0.25) is 0 Å². The van der Waals surface area contributed by atoms with E-state index < -0.39 is 0 Å². The number of aliphatic hydroxyl groups excluding tert-OH is 1. The first-order chi connectivity index (χ1) is 14.7. The van der Waals surface area contributed by atoms with Crippen molar-refractivity contribution in [3.63, 3.8) is 0 Å². The molecule has 0 bridgehead atoms. The molecule has 0 saturated heterocycles. The third kappa shape index (κ3) is 3.77. The predicted molar refractivity (Wildman–Crippen MR) is 121 cm³/mol. The molecule has 2 heteroatoms. The van der Waals surface area contributed by atoms with Gasteiger partial charge in [0.2, 0.25) is 0 Å². The fraction of sp³-hybridized carbons (Fsp3) is 0.357. The first-order valence-corrected chi connectivity index (χ1v) is 11.2. The highest BCUT2D eigenvalue weighted by molar-refractivity contribution is 5.47. The predicted octanol–water partition coefficient (Wildman–Crippen LogP) is 6.01. The van der Waals surface area contributed by atoms with Gasteiger partial charge in [0.05, 0.1) is 6.10 Å². The van der Waals surface area contributed by atoms with E-state index in [-0.39, 0.29) is 12.7 Å². The van der Waals surface area contributed by atoms with Crippen LogP contribution in [0.4, 0.5) is 0 Å². The van der Waals surface area contributed by atoms with Gasteiger partial charge in [-0.25, -0.2) is 0 Å². The average molecular weight is 399 g/mol. The number of aliphatic hydroxyl groups is 1. The average Bonchev–Trinajstić information content (AvgIpc) is 2.76. The van der Waals surface area contributed by atoms with E-state index in [1.165, 1.54) is 34.2 Å². The van der Waals surface area contributed by atoms with Crippen LogP contribution >= 0.6 is 0 Å². The van der Waals surface area contributed by atoms with Crippen molar-refractivity contribution in [2.75, 3.05) is 6.61 Å². The molecule has 154 valence electrons. The lowest BCUT2D eigenvalue weighted by molar-refractivity contribution is 0.0325. The SMILES string of the molecule is Cc1ccc2c(c1)CC[C@H](c1ccccc1)[C@@H]2c1ccc(OC2CC(CO)C2)cc1. The summed E-state index contributed by atoms with van der Waals surface area (Å²) >= 11 is 0. The van der Waals surface area contributed by atoms with Gasteiger partial charge in [-0.15, -0.1) is 0 Å². The van der Waals surface area contributed by atoms with Crippen LogP contribution in [0.5, 0.6) is 5.75 Å². The molecule has 2 atom stereocenters. The first kappa shape index (κ1) is 19.4. The molecule has 5 rings (SSSR count). The lowest BCUT2D eigenvalue weighted by Crippen LogP contribution is -2.35. The number of aryl methyl sites for hydroxylation is 2. The highest BCUT2D eigenvalue weighted by Crippen LogP contribution is 2.46. The Bertz CT molecular complexity index is 987. The van der Waals surface area contributed by atoms with Crippen LogP contribution in [-0.4, -0.2) is 17.8 Å². The van der Waals surface area contributed by atoms with E-state index in [9.17, 15) is 5.11 Å². The maximum Gasteiger partial charge on any atom is 0.119 e. The first-order valence-electron chi connectivity index (χ1n) is 11.2. The Morgan fingerprint density at radius 2 is 1.67 bits per heavy atom. The molecule has 3 aromatic rings. The molecule has 3 aromatic carbocycles. The molecule has 2 aliphatic rings. The second-order valence-electron chi connectivity index (χ2n) is 9.06. The summed E-state index contributed by atoms with van der Waals surface area (Å²) in [5, 5.41) is 9.21. The molecule has 1 saturated carbocycles. The molecule has 0 radical (unpaired) electrons. The molecule has 0 aromatic heterocycles. The lowest BCUT2D eigenvalue weighted by atomic mass is 9.69. The lowest BCUT2D eigenvalue weighted by Gasteiger charge is -2.35. The summed E-state index contributed by atoms with van der Waals surface area (Å²) in [6.45, 7) is 2.47. The number of hydrogen-bond donors (Lipinski definition) is 1. The normalized spacial score (nSPS) is 25.3. The molecule has 0 unspecified atom stereocenters. The number of hydrogen-bond acceptors (Lipinski definition) is 2. The largest absolute Gasteiger partial charge is 0.490 e. The highest BCUT2D eigenvalue weighted by Gasteiger charge is 2.33. The minimum absolute atomic E-state index is 0.253. The van der Waals surface area contributed by atoms with Crippen LogP contribution in [0, 0.1) is 12.8 Å². The molecule has 30 heavy (non-hydrogen) atoms. The van der Waals surface area contributed by atoms with Crippen molar-refractivity contribution >= 4 is 0 Å². The van der Waals surface area contributed by atoms with Gasteiger partial charge in [0.25, 0.3) is 0 Å². The van der Waals surface area contributed by atoms with Crippen LogP contribution in [0.1, 0.15) is 58.9 Å². The zero-order valence-corrected chi connectivity index (χ0v) is 17.6. The van der Waals surface area contributed by atoms with Crippen molar-refractivity contribution in [3.8, 4) is 5.75 Å². The van der Waals surface area contributed by atoms with Crippen molar-refractivity contribution in [1.29, 1.82) is 0 Å². The highest BCUT2D eigenvalue weighted by atomic mass is 16.5. The molecule has 1 N–H and O–H groups in total. The second kappa shape index (κ2) is 8.28. The molecular weight excluding hydrogens is 368 g/mol. The summed E-state index contributed by atoms with van der Waals surface area (Å²) in [6, 6.07) is 26.7. The maximum atomic E-state index is 9.21. The minimum Gasteiger partial charge on any atom is -0.490 e. The van der Waals surface area contributed by atoms with E-state index in [0.717, 1.165) is 25.0 Å². The zero-order chi connectivity index (χ0) is 20.5. The molecule has 2 aliphatic carbocycles. The Morgan fingerprint density at radius 3 is 2.40 bits per heavy atom. The third-order valence-corrected chi connectivity index (χ3v) is 6.98. The molecular formula is C28H30O2. The van der Waals surface area contributed by atoms with Crippen molar-refractivity contribution < 1.29 is 9.84 Å². The molecule has 0 aliphatic heterocycles. The van der Waals surface area contributed by atoms with E-state index in [1.807, 2.05) is 0 Å². The Balaban J connectivity index is 1.44. The van der Waals surface area contributed by atoms with Crippen LogP contribution in [0.3, 0.4) is 0 Å². The smallest absolute Gasteiger partial charge is 0.119 e. The van der Waals surface area contributed by atoms with Crippen LogP contribution < -0.4 is 4.74 Å². The van der Waals surface area contributed by atoms with Gasteiger partial charge >= 0.3 is 0 Å². The van der Waals surface area contributed by atoms with Crippen molar-refractivity contribution in [3.05, 3.63) is 101 Å². The van der Waals surface area contributed by atoms with Gasteiger partial charge in [-0.2, -0.15) is 0 Å². The zero-order valence-electron chi connectivity index (χ0n) is 17.6. The van der Waals surface area contributed by atoms with Crippen LogP contribution in [0.15, 0.2) is 72.8 Å². The van der Waals surface area contributed by atoms with E-state index in [2.05, 4.69) is 79.7 Å². The van der Waals surface area contributed by atoms with Gasteiger partial charge < -0.3 is 9.84 Å². The van der Waals surface area contributed by atoms with E-state index in [1.54, 1.807) is 0 Å². The third-order valence-electron chi connectivity index (χ3n) is 6.98. The Hall–Kier alpha value is -2.58. The number of ether oxygens (including phenoxy) is 1. The number of rotatable bonds is 5. The van der Waals surface area contributed by atoms with Gasteiger partial charge in [-0.05, 0) is 78.8 Å². The summed E-state index contributed by atoms with van der Waals surface area (Å²) < 4.78 is 6.11. The quantitative estimate of drug-likeness (QED) is 0.570. The molecule has 0 amide bonds. The van der Waals surface area contributed by atoms with E-state index >= 15 is 0 Å². The Labute approximate surface area is 179 Å². The fourth-order valence-corrected chi connectivity index (χ4v) is 5.29. The molecule has 0 heterocycles. The van der Waals surface area contributed by atoms with Gasteiger partial charge in [0.1, 0.15) is 5.75 Å².